The lowest BCUT2D eigenvalue weighted by atomic mass is 10.0. The third-order valence-corrected chi connectivity index (χ3v) is 4.72. The first-order chi connectivity index (χ1) is 13.4. The van der Waals surface area contributed by atoms with Crippen molar-refractivity contribution in [3.05, 3.63) is 94.0 Å². The summed E-state index contributed by atoms with van der Waals surface area (Å²) >= 11 is 3.20. The first-order valence-corrected chi connectivity index (χ1v) is 9.39. The third kappa shape index (κ3) is 4.85. The Morgan fingerprint density at radius 2 is 1.50 bits per heavy atom. The van der Waals surface area contributed by atoms with Crippen molar-refractivity contribution >= 4 is 27.8 Å². The van der Waals surface area contributed by atoms with E-state index in [9.17, 15) is 14.7 Å². The number of halogens is 1. The Balaban J connectivity index is 1.64. The number of amides is 1. The van der Waals surface area contributed by atoms with E-state index in [2.05, 4.69) is 21.2 Å². The molecule has 0 saturated heterocycles. The number of aliphatic hydroxyl groups is 1. The standard InChI is InChI=1S/C22H18BrNO4/c23-19-11-17(10-18(12-19)22(27)28)21(26)24-13-20(25)16-8-6-15(7-9-16)14-4-2-1-3-5-14/h1-12,20,25H,13H2,(H,24,26)(H,27,28). The minimum absolute atomic E-state index is 0.0107. The maximum Gasteiger partial charge on any atom is 0.335 e. The highest BCUT2D eigenvalue weighted by Gasteiger charge is 2.14. The molecule has 1 unspecified atom stereocenters. The van der Waals surface area contributed by atoms with Crippen LogP contribution in [0.3, 0.4) is 0 Å². The highest BCUT2D eigenvalue weighted by atomic mass is 79.9. The van der Waals surface area contributed by atoms with E-state index < -0.39 is 18.0 Å². The smallest absolute Gasteiger partial charge is 0.335 e. The molecule has 28 heavy (non-hydrogen) atoms. The average Bonchev–Trinajstić information content (AvgIpc) is 2.72. The molecule has 1 amide bonds. The van der Waals surface area contributed by atoms with Crippen LogP contribution in [0.15, 0.2) is 77.3 Å². The molecule has 3 aromatic rings. The second kappa shape index (κ2) is 8.82. The van der Waals surface area contributed by atoms with Gasteiger partial charge in [0.1, 0.15) is 0 Å². The number of carbonyl (C=O) groups is 2. The lowest BCUT2D eigenvalue weighted by molar-refractivity contribution is 0.0696. The molecule has 5 nitrogen and oxygen atoms in total. The van der Waals surface area contributed by atoms with Gasteiger partial charge in [-0.3, -0.25) is 4.79 Å². The summed E-state index contributed by atoms with van der Waals surface area (Å²) < 4.78 is 0.495. The van der Waals surface area contributed by atoms with Gasteiger partial charge in [0.15, 0.2) is 0 Å². The molecular weight excluding hydrogens is 422 g/mol. The Kier molecular flexibility index (Phi) is 6.23. The van der Waals surface area contributed by atoms with E-state index in [1.165, 1.54) is 18.2 Å². The quantitative estimate of drug-likeness (QED) is 0.534. The zero-order valence-electron chi connectivity index (χ0n) is 14.8. The molecular formula is C22H18BrNO4. The Labute approximate surface area is 170 Å². The summed E-state index contributed by atoms with van der Waals surface area (Å²) in [4.78, 5) is 23.4. The summed E-state index contributed by atoms with van der Waals surface area (Å²) in [5.41, 5.74) is 3.02. The molecule has 1 atom stereocenters. The van der Waals surface area contributed by atoms with Gasteiger partial charge in [-0.15, -0.1) is 0 Å². The molecule has 0 radical (unpaired) electrons. The highest BCUT2D eigenvalue weighted by Crippen LogP contribution is 2.22. The van der Waals surface area contributed by atoms with Crippen LogP contribution >= 0.6 is 15.9 Å². The summed E-state index contributed by atoms with van der Waals surface area (Å²) in [6.45, 7) is 0.0123. The molecule has 0 heterocycles. The van der Waals surface area contributed by atoms with Gasteiger partial charge < -0.3 is 15.5 Å². The molecule has 0 saturated carbocycles. The minimum Gasteiger partial charge on any atom is -0.478 e. The van der Waals surface area contributed by atoms with Crippen molar-refractivity contribution in [1.82, 2.24) is 5.32 Å². The lowest BCUT2D eigenvalue weighted by Gasteiger charge is -2.13. The van der Waals surface area contributed by atoms with Crippen LogP contribution in [0.4, 0.5) is 0 Å². The predicted octanol–water partition coefficient (Wildman–Crippen LogP) is 4.28. The van der Waals surface area contributed by atoms with Gasteiger partial charge in [0.2, 0.25) is 0 Å². The van der Waals surface area contributed by atoms with E-state index in [0.717, 1.165) is 11.1 Å². The van der Waals surface area contributed by atoms with Crippen molar-refractivity contribution < 1.29 is 19.8 Å². The number of carboxylic acids is 1. The molecule has 0 fully saturated rings. The lowest BCUT2D eigenvalue weighted by Crippen LogP contribution is -2.28. The molecule has 0 aliphatic rings. The zero-order valence-corrected chi connectivity index (χ0v) is 16.4. The van der Waals surface area contributed by atoms with Gasteiger partial charge in [0.05, 0.1) is 11.7 Å². The minimum atomic E-state index is -1.12. The molecule has 0 aliphatic carbocycles. The van der Waals surface area contributed by atoms with Crippen LogP contribution in [0.2, 0.25) is 0 Å². The van der Waals surface area contributed by atoms with Crippen molar-refractivity contribution in [1.29, 1.82) is 0 Å². The largest absolute Gasteiger partial charge is 0.478 e. The van der Waals surface area contributed by atoms with Crippen molar-refractivity contribution in [3.8, 4) is 11.1 Å². The summed E-state index contributed by atoms with van der Waals surface area (Å²) in [5, 5.41) is 22.1. The van der Waals surface area contributed by atoms with E-state index in [-0.39, 0.29) is 17.7 Å². The maximum absolute atomic E-state index is 12.3. The van der Waals surface area contributed by atoms with E-state index in [0.29, 0.717) is 10.0 Å². The van der Waals surface area contributed by atoms with Gasteiger partial charge in [-0.2, -0.15) is 0 Å². The van der Waals surface area contributed by atoms with E-state index in [1.807, 2.05) is 54.6 Å². The number of aromatic carboxylic acids is 1. The highest BCUT2D eigenvalue weighted by molar-refractivity contribution is 9.10. The van der Waals surface area contributed by atoms with Gasteiger partial charge in [-0.1, -0.05) is 70.5 Å². The summed E-state index contributed by atoms with van der Waals surface area (Å²) in [5.74, 6) is -1.57. The SMILES string of the molecule is O=C(O)c1cc(Br)cc(C(=O)NCC(O)c2ccc(-c3ccccc3)cc2)c1. The molecule has 0 aromatic heterocycles. The molecule has 3 aromatic carbocycles. The average molecular weight is 440 g/mol. The van der Waals surface area contributed by atoms with Crippen LogP contribution < -0.4 is 5.32 Å². The number of hydrogen-bond acceptors (Lipinski definition) is 3. The molecule has 3 N–H and O–H groups in total. The number of hydrogen-bond donors (Lipinski definition) is 3. The Hall–Kier alpha value is -2.96. The monoisotopic (exact) mass is 439 g/mol. The van der Waals surface area contributed by atoms with Gasteiger partial charge in [-0.25, -0.2) is 4.79 Å². The fourth-order valence-corrected chi connectivity index (χ4v) is 3.28. The first-order valence-electron chi connectivity index (χ1n) is 8.59. The van der Waals surface area contributed by atoms with E-state index >= 15 is 0 Å². The topological polar surface area (TPSA) is 86.6 Å². The van der Waals surface area contributed by atoms with Gasteiger partial charge in [0.25, 0.3) is 5.91 Å². The summed E-state index contributed by atoms with van der Waals surface area (Å²) in [6, 6.07) is 21.6. The molecule has 0 aliphatic heterocycles. The van der Waals surface area contributed by atoms with Crippen molar-refractivity contribution in [3.63, 3.8) is 0 Å². The van der Waals surface area contributed by atoms with Crippen LogP contribution in [-0.2, 0) is 0 Å². The van der Waals surface area contributed by atoms with Crippen LogP contribution in [0.5, 0.6) is 0 Å². The summed E-state index contributed by atoms with van der Waals surface area (Å²) in [7, 11) is 0. The summed E-state index contributed by atoms with van der Waals surface area (Å²) in [6.07, 6.45) is -0.875. The fraction of sp³-hybridized carbons (Fsp3) is 0.0909. The van der Waals surface area contributed by atoms with Crippen LogP contribution in [-0.4, -0.2) is 28.6 Å². The molecule has 142 valence electrons. The van der Waals surface area contributed by atoms with Gasteiger partial charge >= 0.3 is 5.97 Å². The number of rotatable bonds is 6. The van der Waals surface area contributed by atoms with Crippen molar-refractivity contribution in [2.24, 2.45) is 0 Å². The Bertz CT molecular complexity index is 987. The van der Waals surface area contributed by atoms with Crippen molar-refractivity contribution in [2.75, 3.05) is 6.54 Å². The zero-order chi connectivity index (χ0) is 20.1. The Morgan fingerprint density at radius 3 is 2.14 bits per heavy atom. The molecule has 3 rings (SSSR count). The van der Waals surface area contributed by atoms with Crippen LogP contribution in [0, 0.1) is 0 Å². The predicted molar refractivity (Wildman–Crippen MR) is 110 cm³/mol. The van der Waals surface area contributed by atoms with E-state index in [4.69, 9.17) is 5.11 Å². The number of carbonyl (C=O) groups excluding carboxylic acids is 1. The Morgan fingerprint density at radius 1 is 0.893 bits per heavy atom. The van der Waals surface area contributed by atoms with Crippen LogP contribution in [0.25, 0.3) is 11.1 Å². The van der Waals surface area contributed by atoms with Crippen LogP contribution in [0.1, 0.15) is 32.4 Å². The number of benzene rings is 3. The van der Waals surface area contributed by atoms with Gasteiger partial charge in [-0.05, 0) is 34.9 Å². The van der Waals surface area contributed by atoms with Gasteiger partial charge in [0, 0.05) is 16.6 Å². The third-order valence-electron chi connectivity index (χ3n) is 4.27. The molecule has 0 spiro atoms. The van der Waals surface area contributed by atoms with Crippen molar-refractivity contribution in [2.45, 2.75) is 6.10 Å². The second-order valence-corrected chi connectivity index (χ2v) is 7.16. The molecule has 6 heteroatoms. The van der Waals surface area contributed by atoms with E-state index in [1.54, 1.807) is 0 Å². The number of carboxylic acid groups (broad SMARTS) is 1. The number of nitrogens with one attached hydrogen (secondary N) is 1. The molecule has 0 bridgehead atoms. The fourth-order valence-electron chi connectivity index (χ4n) is 2.78. The second-order valence-electron chi connectivity index (χ2n) is 6.25. The normalized spacial score (nSPS) is 11.6. The maximum atomic E-state index is 12.3. The first kappa shape index (κ1) is 19.8. The number of aliphatic hydroxyl groups excluding tert-OH is 1.